The third-order valence-corrected chi connectivity index (χ3v) is 20.0. The molecular weight excluding hydrogens is 1180 g/mol. The van der Waals surface area contributed by atoms with E-state index in [0.717, 1.165) is 22.3 Å². The first kappa shape index (κ1) is 58.8. The Kier molecular flexibility index (Phi) is 15.6. The molecule has 18 nitrogen and oxygen atoms in total. The molecule has 0 atom stereocenters. The van der Waals surface area contributed by atoms with Crippen LogP contribution >= 0.6 is 0 Å². The number of aryl methyl sites for hydroxylation is 4. The maximum Gasteiger partial charge on any atom is 0.339 e. The first-order valence-corrected chi connectivity index (χ1v) is 32.5. The van der Waals surface area contributed by atoms with Crippen LogP contribution in [0.3, 0.4) is 0 Å². The number of benzene rings is 8. The summed E-state index contributed by atoms with van der Waals surface area (Å²) in [6, 6.07) is 34.1. The second kappa shape index (κ2) is 22.8. The van der Waals surface area contributed by atoms with Gasteiger partial charge in [-0.2, -0.15) is 33.7 Å². The van der Waals surface area contributed by atoms with Crippen LogP contribution in [0.25, 0.3) is 0 Å². The van der Waals surface area contributed by atoms with E-state index in [1.54, 1.807) is 76.2 Å². The molecule has 0 amide bonds. The highest BCUT2D eigenvalue weighted by Gasteiger charge is 2.32. The Bertz CT molecular complexity index is 3930. The van der Waals surface area contributed by atoms with Crippen molar-refractivity contribution in [2.45, 2.75) is 98.6 Å². The molecule has 0 saturated heterocycles. The summed E-state index contributed by atoms with van der Waals surface area (Å²) in [6.07, 6.45) is -4.30. The molecule has 4 heterocycles. The van der Waals surface area contributed by atoms with E-state index in [0.29, 0.717) is 0 Å². The quantitative estimate of drug-likeness (QED) is 0.0627. The highest BCUT2D eigenvalue weighted by Crippen LogP contribution is 2.40. The van der Waals surface area contributed by atoms with Gasteiger partial charge in [0.25, 0.3) is 0 Å². The molecule has 12 rings (SSSR count). The van der Waals surface area contributed by atoms with E-state index >= 15 is 0 Å². The summed E-state index contributed by atoms with van der Waals surface area (Å²) in [6.45, 7) is 7.06. The largest absolute Gasteiger partial charge is 0.393 e. The van der Waals surface area contributed by atoms with Crippen LogP contribution in [0.2, 0.25) is 0 Å². The van der Waals surface area contributed by atoms with Gasteiger partial charge in [-0.1, -0.05) is 70.8 Å². The second-order valence-electron chi connectivity index (χ2n) is 21.4. The normalized spacial score (nSPS) is 14.6. The van der Waals surface area contributed by atoms with E-state index in [9.17, 15) is 52.8 Å². The fourth-order valence-corrected chi connectivity index (χ4v) is 14.4. The van der Waals surface area contributed by atoms with Crippen LogP contribution in [0.5, 0.6) is 23.0 Å². The van der Waals surface area contributed by atoms with Gasteiger partial charge in [-0.25, -0.2) is 0 Å². The third-order valence-electron chi connectivity index (χ3n) is 15.0. The average molecular weight is 1240 g/mol. The lowest BCUT2D eigenvalue weighted by atomic mass is 9.82. The molecule has 22 heteroatoms. The van der Waals surface area contributed by atoms with Gasteiger partial charge >= 0.3 is 64.3 Å². The number of carbonyl (C=O) groups is 4. The van der Waals surface area contributed by atoms with Crippen molar-refractivity contribution >= 4 is 64.3 Å². The molecule has 0 spiro atoms. The minimum atomic E-state index is -4.64. The molecule has 0 aromatic heterocycles. The van der Waals surface area contributed by atoms with Gasteiger partial charge in [0, 0.05) is 0 Å². The predicted molar refractivity (Wildman–Crippen MR) is 310 cm³/mol. The number of ether oxygens (including phenoxy) is 2. The molecule has 0 saturated carbocycles. The lowest BCUT2D eigenvalue weighted by molar-refractivity contribution is -0.160. The fraction of sp³-hybridized carbons (Fsp3) is 0.188. The lowest BCUT2D eigenvalue weighted by Crippen LogP contribution is -2.23. The Morgan fingerprint density at radius 2 is 0.430 bits per heavy atom. The summed E-state index contributed by atoms with van der Waals surface area (Å²) in [5.41, 5.74) is 4.62. The second-order valence-corrected chi connectivity index (χ2v) is 27.6. The Hall–Kier alpha value is -8.96. The zero-order valence-corrected chi connectivity index (χ0v) is 49.8. The maximum atomic E-state index is 14.5. The zero-order valence-electron chi connectivity index (χ0n) is 46.5. The van der Waals surface area contributed by atoms with Crippen molar-refractivity contribution in [2.24, 2.45) is 0 Å². The molecule has 0 unspecified atom stereocenters. The van der Waals surface area contributed by atoms with Gasteiger partial charge < -0.3 is 26.2 Å². The molecule has 440 valence electrons. The van der Waals surface area contributed by atoms with Gasteiger partial charge in [-0.3, -0.25) is 19.2 Å². The number of carbonyl (C=O) groups excluding carboxylic acids is 4. The van der Waals surface area contributed by atoms with Crippen LogP contribution in [0.1, 0.15) is 89.0 Å². The van der Waals surface area contributed by atoms with Crippen molar-refractivity contribution < 1.29 is 79.1 Å². The molecule has 4 aliphatic heterocycles. The van der Waals surface area contributed by atoms with Gasteiger partial charge in [-0.15, -0.1) is 0 Å². The predicted octanol–water partition coefficient (Wildman–Crippen LogP) is 9.00. The molecule has 4 aliphatic rings. The fourth-order valence-electron chi connectivity index (χ4n) is 10.7. The van der Waals surface area contributed by atoms with E-state index in [-0.39, 0.29) is 135 Å². The first-order valence-electron chi connectivity index (χ1n) is 26.8. The number of fused-ring (bicyclic) bond motifs is 8. The Morgan fingerprint density at radius 1 is 0.267 bits per heavy atom. The standard InChI is InChI=1S/C64H52O18S4/c1-37-5-13-53(14-6-37)83(69,70)79-49-25-41-21-43-27-50(80-84(71,72)54-15-7-38(2)8-16-54)29-45-23-47-31-52(82-86(75,76)56-19-11-40(4)12-20-56)32-48-24-46-30-51(81-85(73,74)55-17-9-39(3)10-18-55)28-44(59(46)35-63(67)78-62(66)34-58(43)45)22-42(26-49)57(41)33-61(65)77-64(68)36-60(47)48/h5-20,25-32H,21-24,33-36H2,1-4H3. The highest BCUT2D eigenvalue weighted by atomic mass is 32.2. The van der Waals surface area contributed by atoms with Gasteiger partial charge in [0.15, 0.2) is 0 Å². The third kappa shape index (κ3) is 12.8. The van der Waals surface area contributed by atoms with Crippen LogP contribution in [0, 0.1) is 27.7 Å². The molecule has 12 bridgehead atoms. The minimum Gasteiger partial charge on any atom is -0.393 e. The van der Waals surface area contributed by atoms with E-state index in [4.69, 9.17) is 26.2 Å². The van der Waals surface area contributed by atoms with Crippen molar-refractivity contribution in [3.05, 3.63) is 235 Å². The number of hydrogen-bond donors (Lipinski definition) is 0. The molecule has 86 heavy (non-hydrogen) atoms. The van der Waals surface area contributed by atoms with Crippen LogP contribution in [0.4, 0.5) is 0 Å². The highest BCUT2D eigenvalue weighted by molar-refractivity contribution is 7.88. The molecule has 0 aliphatic carbocycles. The first-order chi connectivity index (χ1) is 40.7. The van der Waals surface area contributed by atoms with Gasteiger partial charge in [0.05, 0.1) is 25.7 Å². The SMILES string of the molecule is Cc1ccc(S(=O)(=O)Oc2cc3c4c(c2)Cc2cc(OS(=O)(=O)c5ccc(C)cc5)cc5c2CC(=O)OC(=O)Cc2c(cc(OS(=O)(=O)c6ccc(C)cc6)cc2Cc2cc(OS(=O)(=O)c6ccc(C)cc6)cc(c2CC(=O)OC(=O)C4)C5)C3)cc1. The maximum absolute atomic E-state index is 14.5. The van der Waals surface area contributed by atoms with E-state index in [1.165, 1.54) is 97.1 Å². The van der Waals surface area contributed by atoms with Gasteiger partial charge in [-0.05, 0) is 217 Å². The summed E-state index contributed by atoms with van der Waals surface area (Å²) in [5, 5.41) is 0. The number of rotatable bonds is 12. The van der Waals surface area contributed by atoms with Crippen LogP contribution in [0.15, 0.2) is 165 Å². The summed E-state index contributed by atoms with van der Waals surface area (Å²) in [5.74, 6) is -5.51. The van der Waals surface area contributed by atoms with Crippen LogP contribution in [-0.2, 0) is 120 Å². The Morgan fingerprint density at radius 3 is 0.593 bits per heavy atom. The Balaban J connectivity index is 1.24. The molecule has 0 radical (unpaired) electrons. The number of hydrogen-bond acceptors (Lipinski definition) is 18. The van der Waals surface area contributed by atoms with Crippen molar-refractivity contribution in [3.8, 4) is 23.0 Å². The minimum absolute atomic E-state index is 0.133. The van der Waals surface area contributed by atoms with E-state index in [1.807, 2.05) is 0 Å². The van der Waals surface area contributed by atoms with Gasteiger partial charge in [0.1, 0.15) is 42.6 Å². The summed E-state index contributed by atoms with van der Waals surface area (Å²) >= 11 is 0. The summed E-state index contributed by atoms with van der Waals surface area (Å²) < 4.78 is 149. The van der Waals surface area contributed by atoms with Crippen molar-refractivity contribution in [1.29, 1.82) is 0 Å². The average Bonchev–Trinajstić information content (AvgIpc) is 2.99. The van der Waals surface area contributed by atoms with E-state index in [2.05, 4.69) is 0 Å². The van der Waals surface area contributed by atoms with E-state index < -0.39 is 90.0 Å². The smallest absolute Gasteiger partial charge is 0.339 e. The van der Waals surface area contributed by atoms with Crippen molar-refractivity contribution in [1.82, 2.24) is 0 Å². The monoisotopic (exact) mass is 1240 g/mol. The summed E-state index contributed by atoms with van der Waals surface area (Å²) in [7, 11) is -18.6. The molecular formula is C64H52O18S4. The summed E-state index contributed by atoms with van der Waals surface area (Å²) in [4.78, 5) is 57.1. The molecule has 8 aromatic carbocycles. The molecule has 0 N–H and O–H groups in total. The van der Waals surface area contributed by atoms with Crippen molar-refractivity contribution in [2.75, 3.05) is 0 Å². The Labute approximate surface area is 496 Å². The van der Waals surface area contributed by atoms with Crippen LogP contribution in [-0.4, -0.2) is 57.5 Å². The number of esters is 4. The molecule has 8 aromatic rings. The zero-order chi connectivity index (χ0) is 61.0. The molecule has 0 fully saturated rings. The lowest BCUT2D eigenvalue weighted by Gasteiger charge is -2.25. The topological polar surface area (TPSA) is 260 Å². The van der Waals surface area contributed by atoms with Crippen LogP contribution < -0.4 is 16.7 Å². The van der Waals surface area contributed by atoms with Crippen molar-refractivity contribution in [3.63, 3.8) is 0 Å². The van der Waals surface area contributed by atoms with Gasteiger partial charge in [0.2, 0.25) is 0 Å².